The highest BCUT2D eigenvalue weighted by Gasteiger charge is 2.34. The van der Waals surface area contributed by atoms with E-state index >= 15 is 0 Å². The van der Waals surface area contributed by atoms with E-state index in [-0.39, 0.29) is 11.9 Å². The Morgan fingerprint density at radius 2 is 2.10 bits per heavy atom. The van der Waals surface area contributed by atoms with E-state index in [1.165, 1.54) is 0 Å². The van der Waals surface area contributed by atoms with Crippen LogP contribution in [0.15, 0.2) is 18.2 Å². The molecule has 0 aliphatic heterocycles. The third kappa shape index (κ3) is 2.92. The Bertz CT molecular complexity index is 527. The maximum atomic E-state index is 12.2. The summed E-state index contributed by atoms with van der Waals surface area (Å²) in [6.45, 7) is 1.90. The molecule has 0 aromatic heterocycles. The molecule has 1 aliphatic carbocycles. The molecule has 1 fully saturated rings. The van der Waals surface area contributed by atoms with E-state index in [1.54, 1.807) is 19.2 Å². The molecule has 2 atom stereocenters. The molecule has 0 bridgehead atoms. The summed E-state index contributed by atoms with van der Waals surface area (Å²) in [5.41, 5.74) is 1.44. The van der Waals surface area contributed by atoms with Crippen molar-refractivity contribution in [3.8, 4) is 5.75 Å². The summed E-state index contributed by atoms with van der Waals surface area (Å²) in [4.78, 5) is 23.3. The molecule has 0 radical (unpaired) electrons. The third-order valence-corrected chi connectivity index (χ3v) is 3.82. The molecule has 108 valence electrons. The molecular weight excluding hydrogens is 258 g/mol. The third-order valence-electron chi connectivity index (χ3n) is 3.82. The van der Waals surface area contributed by atoms with Crippen LogP contribution in [0.3, 0.4) is 0 Å². The van der Waals surface area contributed by atoms with Gasteiger partial charge in [-0.3, -0.25) is 9.59 Å². The van der Waals surface area contributed by atoms with Gasteiger partial charge >= 0.3 is 5.97 Å². The summed E-state index contributed by atoms with van der Waals surface area (Å²) >= 11 is 0. The maximum absolute atomic E-state index is 12.2. The fourth-order valence-electron chi connectivity index (χ4n) is 2.64. The number of aryl methyl sites for hydroxylation is 1. The quantitative estimate of drug-likeness (QED) is 0.882. The molecule has 1 saturated carbocycles. The number of carboxylic acid groups (broad SMARTS) is 1. The van der Waals surface area contributed by atoms with Crippen LogP contribution in [0.4, 0.5) is 0 Å². The van der Waals surface area contributed by atoms with Gasteiger partial charge in [-0.05, 0) is 37.5 Å². The molecule has 5 nitrogen and oxygen atoms in total. The Morgan fingerprint density at radius 3 is 2.75 bits per heavy atom. The van der Waals surface area contributed by atoms with Gasteiger partial charge in [0, 0.05) is 11.6 Å². The summed E-state index contributed by atoms with van der Waals surface area (Å²) in [7, 11) is 1.56. The normalized spacial score (nSPS) is 21.5. The van der Waals surface area contributed by atoms with Crippen molar-refractivity contribution in [2.75, 3.05) is 7.11 Å². The second kappa shape index (κ2) is 5.94. The van der Waals surface area contributed by atoms with E-state index in [4.69, 9.17) is 9.84 Å². The molecule has 1 amide bonds. The molecule has 2 N–H and O–H groups in total. The van der Waals surface area contributed by atoms with E-state index in [9.17, 15) is 9.59 Å². The number of carboxylic acids is 1. The van der Waals surface area contributed by atoms with Gasteiger partial charge in [-0.2, -0.15) is 0 Å². The van der Waals surface area contributed by atoms with Crippen LogP contribution in [0.2, 0.25) is 0 Å². The number of rotatable bonds is 4. The van der Waals surface area contributed by atoms with Gasteiger partial charge in [-0.15, -0.1) is 0 Å². The first-order valence-electron chi connectivity index (χ1n) is 6.71. The predicted octanol–water partition coefficient (Wildman–Crippen LogP) is 1.99. The standard InChI is InChI=1S/C15H19NO4/c1-9-6-7-10(8-13(9)20-2)14(17)16-12-5-3-4-11(12)15(18)19/h6-8,11-12H,3-5H2,1-2H3,(H,16,17)(H,18,19). The minimum absolute atomic E-state index is 0.249. The summed E-state index contributed by atoms with van der Waals surface area (Å²) in [5, 5.41) is 11.9. The molecule has 5 heteroatoms. The fraction of sp³-hybridized carbons (Fsp3) is 0.467. The van der Waals surface area contributed by atoms with Crippen LogP contribution in [-0.4, -0.2) is 30.1 Å². The van der Waals surface area contributed by atoms with Crippen LogP contribution in [-0.2, 0) is 4.79 Å². The molecule has 20 heavy (non-hydrogen) atoms. The maximum Gasteiger partial charge on any atom is 0.308 e. The lowest BCUT2D eigenvalue weighted by atomic mass is 10.0. The van der Waals surface area contributed by atoms with Crippen molar-refractivity contribution in [2.45, 2.75) is 32.2 Å². The number of carbonyl (C=O) groups is 2. The molecule has 1 aromatic rings. The summed E-state index contributed by atoms with van der Waals surface area (Å²) in [6.07, 6.45) is 2.17. The van der Waals surface area contributed by atoms with Gasteiger partial charge in [0.05, 0.1) is 13.0 Å². The number of carbonyl (C=O) groups excluding carboxylic acids is 1. The number of hydrogen-bond acceptors (Lipinski definition) is 3. The van der Waals surface area contributed by atoms with E-state index in [0.717, 1.165) is 12.0 Å². The van der Waals surface area contributed by atoms with Crippen LogP contribution in [0.5, 0.6) is 5.75 Å². The molecule has 2 rings (SSSR count). The first kappa shape index (κ1) is 14.4. The van der Waals surface area contributed by atoms with Crippen LogP contribution in [0.1, 0.15) is 35.2 Å². The van der Waals surface area contributed by atoms with E-state index in [0.29, 0.717) is 24.2 Å². The molecule has 0 spiro atoms. The van der Waals surface area contributed by atoms with Crippen molar-refractivity contribution in [1.29, 1.82) is 0 Å². The van der Waals surface area contributed by atoms with Gasteiger partial charge in [0.25, 0.3) is 5.91 Å². The predicted molar refractivity (Wildman–Crippen MR) is 74.0 cm³/mol. The monoisotopic (exact) mass is 277 g/mol. The van der Waals surface area contributed by atoms with E-state index in [1.807, 2.05) is 13.0 Å². The molecule has 1 aliphatic rings. The Balaban J connectivity index is 2.10. The Morgan fingerprint density at radius 1 is 1.35 bits per heavy atom. The zero-order valence-electron chi connectivity index (χ0n) is 11.7. The van der Waals surface area contributed by atoms with Gasteiger partial charge in [-0.1, -0.05) is 12.5 Å². The van der Waals surface area contributed by atoms with Gasteiger partial charge < -0.3 is 15.2 Å². The summed E-state index contributed by atoms with van der Waals surface area (Å²) in [5.74, 6) is -0.916. The highest BCUT2D eigenvalue weighted by atomic mass is 16.5. The van der Waals surface area contributed by atoms with Crippen LogP contribution in [0.25, 0.3) is 0 Å². The molecule has 0 saturated heterocycles. The number of aliphatic carboxylic acids is 1. The van der Waals surface area contributed by atoms with Gasteiger partial charge in [0.1, 0.15) is 5.75 Å². The Labute approximate surface area is 117 Å². The molecular formula is C15H19NO4. The zero-order valence-corrected chi connectivity index (χ0v) is 11.7. The lowest BCUT2D eigenvalue weighted by Gasteiger charge is -2.18. The van der Waals surface area contributed by atoms with Gasteiger partial charge in [0.2, 0.25) is 0 Å². The Kier molecular flexibility index (Phi) is 4.27. The highest BCUT2D eigenvalue weighted by molar-refractivity contribution is 5.95. The summed E-state index contributed by atoms with van der Waals surface area (Å²) in [6, 6.07) is 4.93. The number of methoxy groups -OCH3 is 1. The van der Waals surface area contributed by atoms with Crippen molar-refractivity contribution in [3.05, 3.63) is 29.3 Å². The van der Waals surface area contributed by atoms with Crippen molar-refractivity contribution in [2.24, 2.45) is 5.92 Å². The SMILES string of the molecule is COc1cc(C(=O)NC2CCCC2C(=O)O)ccc1C. The number of amides is 1. The number of nitrogens with one attached hydrogen (secondary N) is 1. The summed E-state index contributed by atoms with van der Waals surface area (Å²) < 4.78 is 5.19. The van der Waals surface area contributed by atoms with Crippen molar-refractivity contribution in [1.82, 2.24) is 5.32 Å². The first-order valence-corrected chi connectivity index (χ1v) is 6.71. The minimum atomic E-state index is -0.839. The van der Waals surface area contributed by atoms with Crippen molar-refractivity contribution in [3.63, 3.8) is 0 Å². The van der Waals surface area contributed by atoms with Crippen molar-refractivity contribution >= 4 is 11.9 Å². The average Bonchev–Trinajstić information content (AvgIpc) is 2.87. The number of hydrogen-bond donors (Lipinski definition) is 2. The highest BCUT2D eigenvalue weighted by Crippen LogP contribution is 2.26. The number of ether oxygens (including phenoxy) is 1. The van der Waals surface area contributed by atoms with E-state index < -0.39 is 11.9 Å². The smallest absolute Gasteiger partial charge is 0.308 e. The zero-order chi connectivity index (χ0) is 14.7. The van der Waals surface area contributed by atoms with Crippen LogP contribution in [0, 0.1) is 12.8 Å². The second-order valence-electron chi connectivity index (χ2n) is 5.14. The second-order valence-corrected chi connectivity index (χ2v) is 5.14. The first-order chi connectivity index (χ1) is 9.52. The van der Waals surface area contributed by atoms with E-state index in [2.05, 4.69) is 5.32 Å². The van der Waals surface area contributed by atoms with Gasteiger partial charge in [-0.25, -0.2) is 0 Å². The van der Waals surface area contributed by atoms with Crippen molar-refractivity contribution < 1.29 is 19.4 Å². The van der Waals surface area contributed by atoms with Gasteiger partial charge in [0.15, 0.2) is 0 Å². The minimum Gasteiger partial charge on any atom is -0.496 e. The number of benzene rings is 1. The van der Waals surface area contributed by atoms with Crippen LogP contribution < -0.4 is 10.1 Å². The Hall–Kier alpha value is -2.04. The molecule has 1 aromatic carbocycles. The average molecular weight is 277 g/mol. The topological polar surface area (TPSA) is 75.6 Å². The lowest BCUT2D eigenvalue weighted by molar-refractivity contribution is -0.142. The fourth-order valence-corrected chi connectivity index (χ4v) is 2.64. The van der Waals surface area contributed by atoms with Crippen LogP contribution >= 0.6 is 0 Å². The lowest BCUT2D eigenvalue weighted by Crippen LogP contribution is -2.40. The largest absolute Gasteiger partial charge is 0.496 e. The molecule has 2 unspecified atom stereocenters. The molecule has 0 heterocycles.